The number of aryl methyl sites for hydroxylation is 1. The largest absolute Gasteiger partial charge is 0.496 e. The van der Waals surface area contributed by atoms with Gasteiger partial charge in [0.05, 0.1) is 19.1 Å². The number of hydrogen-bond donors (Lipinski definition) is 1. The highest BCUT2D eigenvalue weighted by molar-refractivity contribution is 7.89. The lowest BCUT2D eigenvalue weighted by Gasteiger charge is -2.12. The van der Waals surface area contributed by atoms with Crippen molar-refractivity contribution >= 4 is 21.5 Å². The smallest absolute Gasteiger partial charge is 0.151 e. The molecule has 0 radical (unpaired) electrons. The van der Waals surface area contributed by atoms with Crippen molar-refractivity contribution in [3.8, 4) is 16.9 Å². The van der Waals surface area contributed by atoms with Gasteiger partial charge >= 0.3 is 0 Å². The summed E-state index contributed by atoms with van der Waals surface area (Å²) in [7, 11) is -1.84. The van der Waals surface area contributed by atoms with Gasteiger partial charge in [-0.15, -0.1) is 0 Å². The van der Waals surface area contributed by atoms with Gasteiger partial charge in [0.1, 0.15) is 29.0 Å². The van der Waals surface area contributed by atoms with Crippen LogP contribution in [0, 0.1) is 18.6 Å². The second kappa shape index (κ2) is 8.12. The van der Waals surface area contributed by atoms with Crippen molar-refractivity contribution in [1.82, 2.24) is 9.97 Å². The summed E-state index contributed by atoms with van der Waals surface area (Å²) < 4.78 is 56.2. The van der Waals surface area contributed by atoms with Gasteiger partial charge in [-0.25, -0.2) is 27.2 Å². The molecule has 0 unspecified atom stereocenters. The summed E-state index contributed by atoms with van der Waals surface area (Å²) in [5.41, 5.74) is 1.73. The lowest BCUT2D eigenvalue weighted by Crippen LogP contribution is -2.04. The first-order valence-corrected chi connectivity index (χ1v) is 10.6. The van der Waals surface area contributed by atoms with Gasteiger partial charge in [-0.1, -0.05) is 0 Å². The van der Waals surface area contributed by atoms with E-state index in [1.54, 1.807) is 19.1 Å². The Morgan fingerprint density at radius 3 is 2.52 bits per heavy atom. The van der Waals surface area contributed by atoms with E-state index in [1.165, 1.54) is 31.4 Å². The van der Waals surface area contributed by atoms with Crippen molar-refractivity contribution in [2.75, 3.05) is 18.7 Å². The molecule has 0 amide bonds. The fourth-order valence-corrected chi connectivity index (χ4v) is 3.69. The zero-order valence-corrected chi connectivity index (χ0v) is 16.8. The third-order valence-electron chi connectivity index (χ3n) is 4.01. The van der Waals surface area contributed by atoms with E-state index in [0.717, 1.165) is 12.5 Å². The number of nitrogens with one attached hydrogen (secondary N) is 1. The van der Waals surface area contributed by atoms with Crippen LogP contribution in [0.5, 0.6) is 5.75 Å². The summed E-state index contributed by atoms with van der Waals surface area (Å²) in [6.45, 7) is 1.74. The zero-order chi connectivity index (χ0) is 21.2. The summed E-state index contributed by atoms with van der Waals surface area (Å²) in [5, 5.41) is 2.96. The molecule has 1 N–H and O–H groups in total. The molecule has 6 nitrogen and oxygen atoms in total. The van der Waals surface area contributed by atoms with E-state index in [0.29, 0.717) is 22.6 Å². The Balaban J connectivity index is 1.97. The van der Waals surface area contributed by atoms with Crippen molar-refractivity contribution in [1.29, 1.82) is 0 Å². The SMILES string of the molecule is COc1cc(F)ccc1-c1cc(Nc2cc(CS(C)(=O)=O)cc(C)n2)ncc1F. The van der Waals surface area contributed by atoms with Crippen LogP contribution in [0.3, 0.4) is 0 Å². The first-order valence-electron chi connectivity index (χ1n) is 8.56. The van der Waals surface area contributed by atoms with Crippen LogP contribution in [0.15, 0.2) is 42.6 Å². The number of rotatable bonds is 6. The quantitative estimate of drug-likeness (QED) is 0.650. The van der Waals surface area contributed by atoms with Crippen molar-refractivity contribution < 1.29 is 21.9 Å². The summed E-state index contributed by atoms with van der Waals surface area (Å²) >= 11 is 0. The predicted molar refractivity (Wildman–Crippen MR) is 107 cm³/mol. The Kier molecular flexibility index (Phi) is 5.78. The molecule has 0 aliphatic rings. The highest BCUT2D eigenvalue weighted by Crippen LogP contribution is 2.33. The van der Waals surface area contributed by atoms with Gasteiger partial charge in [-0.2, -0.15) is 0 Å². The second-order valence-electron chi connectivity index (χ2n) is 6.59. The lowest BCUT2D eigenvalue weighted by molar-refractivity contribution is 0.412. The first-order chi connectivity index (χ1) is 13.6. The lowest BCUT2D eigenvalue weighted by atomic mass is 10.0. The van der Waals surface area contributed by atoms with E-state index in [4.69, 9.17) is 4.74 Å². The number of nitrogens with zero attached hydrogens (tertiary/aromatic N) is 2. The minimum absolute atomic E-state index is 0.125. The van der Waals surface area contributed by atoms with Gasteiger partial charge in [0, 0.05) is 29.1 Å². The molecule has 0 aliphatic heterocycles. The second-order valence-corrected chi connectivity index (χ2v) is 8.73. The molecule has 0 bridgehead atoms. The Morgan fingerprint density at radius 1 is 1.07 bits per heavy atom. The molecule has 0 atom stereocenters. The Morgan fingerprint density at radius 2 is 1.83 bits per heavy atom. The molecule has 29 heavy (non-hydrogen) atoms. The third kappa shape index (κ3) is 5.26. The van der Waals surface area contributed by atoms with Crippen LogP contribution < -0.4 is 10.1 Å². The minimum atomic E-state index is -3.21. The number of aromatic nitrogens is 2. The average Bonchev–Trinajstić information content (AvgIpc) is 2.61. The van der Waals surface area contributed by atoms with Crippen LogP contribution in [-0.2, 0) is 15.6 Å². The van der Waals surface area contributed by atoms with Crippen LogP contribution in [0.25, 0.3) is 11.1 Å². The highest BCUT2D eigenvalue weighted by Gasteiger charge is 2.14. The molecule has 0 fully saturated rings. The normalized spacial score (nSPS) is 11.3. The molecule has 0 spiro atoms. The number of sulfone groups is 1. The Hall–Kier alpha value is -3.07. The van der Waals surface area contributed by atoms with Crippen LogP contribution in [0.1, 0.15) is 11.3 Å². The van der Waals surface area contributed by atoms with Gasteiger partial charge in [0.25, 0.3) is 0 Å². The van der Waals surface area contributed by atoms with Crippen LogP contribution >= 0.6 is 0 Å². The minimum Gasteiger partial charge on any atom is -0.496 e. The number of methoxy groups -OCH3 is 1. The molecule has 3 rings (SSSR count). The summed E-state index contributed by atoms with van der Waals surface area (Å²) in [6, 6.07) is 8.53. The Bertz CT molecular complexity index is 1170. The van der Waals surface area contributed by atoms with E-state index >= 15 is 0 Å². The maximum atomic E-state index is 14.4. The van der Waals surface area contributed by atoms with Crippen molar-refractivity contribution in [2.45, 2.75) is 12.7 Å². The number of pyridine rings is 2. The van der Waals surface area contributed by atoms with Crippen LogP contribution in [0.4, 0.5) is 20.4 Å². The number of hydrogen-bond acceptors (Lipinski definition) is 6. The van der Waals surface area contributed by atoms with Gasteiger partial charge in [0.2, 0.25) is 0 Å². The van der Waals surface area contributed by atoms with E-state index < -0.39 is 21.5 Å². The maximum absolute atomic E-state index is 14.4. The number of halogens is 2. The van der Waals surface area contributed by atoms with Crippen LogP contribution in [-0.4, -0.2) is 31.8 Å². The molecule has 152 valence electrons. The summed E-state index contributed by atoms with van der Waals surface area (Å²) in [4.78, 5) is 8.32. The monoisotopic (exact) mass is 419 g/mol. The van der Waals surface area contributed by atoms with Gasteiger partial charge < -0.3 is 10.1 Å². The van der Waals surface area contributed by atoms with Gasteiger partial charge in [-0.3, -0.25) is 0 Å². The molecular formula is C20H19F2N3O3S. The molecule has 9 heteroatoms. The summed E-state index contributed by atoms with van der Waals surface area (Å²) in [6.07, 6.45) is 2.19. The summed E-state index contributed by atoms with van der Waals surface area (Å²) in [5.74, 6) is -0.378. The molecule has 1 aromatic carbocycles. The maximum Gasteiger partial charge on any atom is 0.151 e. The third-order valence-corrected chi connectivity index (χ3v) is 4.86. The van der Waals surface area contributed by atoms with E-state index in [2.05, 4.69) is 15.3 Å². The molecule has 0 aliphatic carbocycles. The average molecular weight is 419 g/mol. The van der Waals surface area contributed by atoms with E-state index in [-0.39, 0.29) is 22.9 Å². The first kappa shape index (κ1) is 20.7. The van der Waals surface area contributed by atoms with Crippen molar-refractivity contribution in [3.05, 3.63) is 65.5 Å². The number of ether oxygens (including phenoxy) is 1. The molecule has 2 aromatic heterocycles. The molecular weight excluding hydrogens is 400 g/mol. The standard InChI is InChI=1S/C20H19F2N3O3S/c1-12-6-13(11-29(3,26)27)7-20(24-12)25-19-9-16(17(22)10-23-19)15-5-4-14(21)8-18(15)28-2/h4-10H,11H2,1-3H3,(H,23,24,25). The van der Waals surface area contributed by atoms with Gasteiger partial charge in [-0.05, 0) is 42.8 Å². The molecule has 2 heterocycles. The zero-order valence-electron chi connectivity index (χ0n) is 16.0. The fourth-order valence-electron chi connectivity index (χ4n) is 2.92. The number of anilines is 2. The van der Waals surface area contributed by atoms with Gasteiger partial charge in [0.15, 0.2) is 9.84 Å². The Labute approximate surface area is 167 Å². The number of benzene rings is 1. The molecule has 3 aromatic rings. The fraction of sp³-hybridized carbons (Fsp3) is 0.200. The topological polar surface area (TPSA) is 81.2 Å². The van der Waals surface area contributed by atoms with Crippen molar-refractivity contribution in [2.24, 2.45) is 0 Å². The predicted octanol–water partition coefficient (Wildman–Crippen LogP) is 4.03. The molecule has 0 saturated heterocycles. The molecule has 0 saturated carbocycles. The van der Waals surface area contributed by atoms with E-state index in [1.807, 2.05) is 0 Å². The van der Waals surface area contributed by atoms with E-state index in [9.17, 15) is 17.2 Å². The van der Waals surface area contributed by atoms with Crippen molar-refractivity contribution in [3.63, 3.8) is 0 Å². The highest BCUT2D eigenvalue weighted by atomic mass is 32.2. The van der Waals surface area contributed by atoms with Crippen LogP contribution in [0.2, 0.25) is 0 Å².